The third kappa shape index (κ3) is 5.15. The molecular weight excluding hydrogens is 415 g/mol. The van der Waals surface area contributed by atoms with Gasteiger partial charge in [0.15, 0.2) is 0 Å². The number of halogens is 2. The molecule has 0 spiro atoms. The average Bonchev–Trinajstić information content (AvgIpc) is 2.96. The van der Waals surface area contributed by atoms with Crippen LogP contribution in [0.15, 0.2) is 41.3 Å². The van der Waals surface area contributed by atoms with Crippen molar-refractivity contribution in [1.82, 2.24) is 4.31 Å². The molecule has 8 heteroatoms. The molecule has 1 saturated heterocycles. The van der Waals surface area contributed by atoms with Crippen molar-refractivity contribution in [2.75, 3.05) is 18.4 Å². The molecule has 0 aliphatic carbocycles. The highest BCUT2D eigenvalue weighted by molar-refractivity contribution is 7.89. The highest BCUT2D eigenvalue weighted by Gasteiger charge is 2.27. The minimum atomic E-state index is -3.65. The summed E-state index contributed by atoms with van der Waals surface area (Å²) < 4.78 is 41.7. The first-order valence-corrected chi connectivity index (χ1v) is 11.4. The van der Waals surface area contributed by atoms with E-state index in [2.05, 4.69) is 5.32 Å². The van der Waals surface area contributed by atoms with E-state index < -0.39 is 21.7 Å². The summed E-state index contributed by atoms with van der Waals surface area (Å²) in [5.41, 5.74) is 1.07. The summed E-state index contributed by atoms with van der Waals surface area (Å²) in [6, 6.07) is 9.00. The maximum Gasteiger partial charge on any atom is 0.243 e. The molecular formula is C21H24ClFN2O3S. The number of nitrogens with zero attached hydrogens (tertiary/aromatic N) is 1. The maximum absolute atomic E-state index is 13.9. The van der Waals surface area contributed by atoms with Crippen molar-refractivity contribution in [2.45, 2.75) is 43.9 Å². The van der Waals surface area contributed by atoms with Crippen molar-refractivity contribution < 1.29 is 17.6 Å². The zero-order valence-corrected chi connectivity index (χ0v) is 17.8. The fraction of sp³-hybridized carbons (Fsp3) is 0.381. The molecule has 5 nitrogen and oxygen atoms in total. The van der Waals surface area contributed by atoms with Crippen LogP contribution in [0.3, 0.4) is 0 Å². The molecule has 1 amide bonds. The Bertz CT molecular complexity index is 983. The average molecular weight is 439 g/mol. The molecule has 1 aliphatic heterocycles. The zero-order valence-electron chi connectivity index (χ0n) is 16.2. The van der Waals surface area contributed by atoms with E-state index in [0.717, 1.165) is 25.7 Å². The third-order valence-electron chi connectivity index (χ3n) is 5.05. The summed E-state index contributed by atoms with van der Waals surface area (Å²) in [7, 11) is -3.65. The lowest BCUT2D eigenvalue weighted by atomic mass is 10.1. The second-order valence-electron chi connectivity index (χ2n) is 7.22. The quantitative estimate of drug-likeness (QED) is 0.745. The maximum atomic E-state index is 13.9. The van der Waals surface area contributed by atoms with Crippen LogP contribution in [0.2, 0.25) is 5.02 Å². The molecule has 0 bridgehead atoms. The lowest BCUT2D eigenvalue weighted by Crippen LogP contribution is -2.32. The number of hydrogen-bond acceptors (Lipinski definition) is 3. The standard InChI is InChI=1S/C21H24ClFN2O3S/c1-15-9-10-16(24-21(26)14-17-18(22)7-6-8-19(17)23)13-20(15)29(27,28)25-11-4-2-3-5-12-25/h6-10,13H,2-5,11-12,14H2,1H3,(H,24,26). The SMILES string of the molecule is Cc1ccc(NC(=O)Cc2c(F)cccc2Cl)cc1S(=O)(=O)N1CCCCCC1. The van der Waals surface area contributed by atoms with Gasteiger partial charge < -0.3 is 5.32 Å². The lowest BCUT2D eigenvalue weighted by Gasteiger charge is -2.21. The molecule has 0 radical (unpaired) electrons. The summed E-state index contributed by atoms with van der Waals surface area (Å²) >= 11 is 5.98. The van der Waals surface area contributed by atoms with Gasteiger partial charge in [0.05, 0.1) is 11.3 Å². The molecule has 2 aromatic carbocycles. The van der Waals surface area contributed by atoms with Crippen LogP contribution in [0.1, 0.15) is 36.8 Å². The van der Waals surface area contributed by atoms with Crippen LogP contribution < -0.4 is 5.32 Å². The predicted octanol–water partition coefficient (Wildman–Crippen LogP) is 4.53. The Morgan fingerprint density at radius 3 is 2.48 bits per heavy atom. The van der Waals surface area contributed by atoms with Gasteiger partial charge in [-0.3, -0.25) is 4.79 Å². The molecule has 2 aromatic rings. The Morgan fingerprint density at radius 1 is 1.14 bits per heavy atom. The minimum Gasteiger partial charge on any atom is -0.326 e. The summed E-state index contributed by atoms with van der Waals surface area (Å²) in [6.45, 7) is 2.74. The molecule has 1 N–H and O–H groups in total. The molecule has 156 valence electrons. The Labute approximate surface area is 175 Å². The van der Waals surface area contributed by atoms with E-state index in [1.807, 2.05) is 0 Å². The molecule has 29 heavy (non-hydrogen) atoms. The number of amides is 1. The van der Waals surface area contributed by atoms with Gasteiger partial charge in [-0.2, -0.15) is 4.31 Å². The number of hydrogen-bond donors (Lipinski definition) is 1. The van der Waals surface area contributed by atoms with E-state index in [-0.39, 0.29) is 21.9 Å². The highest BCUT2D eigenvalue weighted by Crippen LogP contribution is 2.26. The zero-order chi connectivity index (χ0) is 21.0. The normalized spacial score (nSPS) is 15.7. The van der Waals surface area contributed by atoms with E-state index in [4.69, 9.17) is 11.6 Å². The smallest absolute Gasteiger partial charge is 0.243 e. The summed E-state index contributed by atoms with van der Waals surface area (Å²) in [5.74, 6) is -1.03. The van der Waals surface area contributed by atoms with E-state index in [1.54, 1.807) is 19.1 Å². The fourth-order valence-electron chi connectivity index (χ4n) is 3.44. The van der Waals surface area contributed by atoms with Crippen LogP contribution in [0.4, 0.5) is 10.1 Å². The number of benzene rings is 2. The minimum absolute atomic E-state index is 0.108. The predicted molar refractivity (Wildman–Crippen MR) is 112 cm³/mol. The van der Waals surface area contributed by atoms with Gasteiger partial charge in [-0.1, -0.05) is 36.6 Å². The Kier molecular flexibility index (Phi) is 6.93. The second kappa shape index (κ2) is 9.24. The van der Waals surface area contributed by atoms with Gasteiger partial charge >= 0.3 is 0 Å². The van der Waals surface area contributed by atoms with Crippen LogP contribution in [-0.2, 0) is 21.2 Å². The van der Waals surface area contributed by atoms with Crippen LogP contribution in [0, 0.1) is 12.7 Å². The van der Waals surface area contributed by atoms with Crippen molar-refractivity contribution in [3.63, 3.8) is 0 Å². The van der Waals surface area contributed by atoms with Gasteiger partial charge in [-0.25, -0.2) is 12.8 Å². The van der Waals surface area contributed by atoms with Crippen LogP contribution in [-0.4, -0.2) is 31.7 Å². The van der Waals surface area contributed by atoms with E-state index >= 15 is 0 Å². The summed E-state index contributed by atoms with van der Waals surface area (Å²) in [5, 5.41) is 2.83. The van der Waals surface area contributed by atoms with Crippen molar-refractivity contribution in [3.8, 4) is 0 Å². The fourth-order valence-corrected chi connectivity index (χ4v) is 5.44. The molecule has 3 rings (SSSR count). The largest absolute Gasteiger partial charge is 0.326 e. The monoisotopic (exact) mass is 438 g/mol. The van der Waals surface area contributed by atoms with Gasteiger partial charge in [-0.15, -0.1) is 0 Å². The first-order chi connectivity index (χ1) is 13.8. The number of sulfonamides is 1. The number of anilines is 1. The topological polar surface area (TPSA) is 66.5 Å². The lowest BCUT2D eigenvalue weighted by molar-refractivity contribution is -0.115. The Hall–Kier alpha value is -1.96. The first kappa shape index (κ1) is 21.7. The van der Waals surface area contributed by atoms with E-state index in [9.17, 15) is 17.6 Å². The third-order valence-corrected chi connectivity index (χ3v) is 7.45. The second-order valence-corrected chi connectivity index (χ2v) is 9.54. The number of aryl methyl sites for hydroxylation is 1. The Balaban J connectivity index is 1.80. The molecule has 1 fully saturated rings. The van der Waals surface area contributed by atoms with Gasteiger partial charge in [0.25, 0.3) is 0 Å². The van der Waals surface area contributed by atoms with Gasteiger partial charge in [0.1, 0.15) is 5.82 Å². The van der Waals surface area contributed by atoms with Gasteiger partial charge in [0, 0.05) is 29.4 Å². The molecule has 0 aromatic heterocycles. The van der Waals surface area contributed by atoms with Crippen LogP contribution in [0.5, 0.6) is 0 Å². The molecule has 1 aliphatic rings. The number of rotatable bonds is 5. The van der Waals surface area contributed by atoms with Crippen molar-refractivity contribution in [2.24, 2.45) is 0 Å². The van der Waals surface area contributed by atoms with E-state index in [0.29, 0.717) is 24.3 Å². The van der Waals surface area contributed by atoms with Gasteiger partial charge in [0.2, 0.25) is 15.9 Å². The van der Waals surface area contributed by atoms with Crippen molar-refractivity contribution in [1.29, 1.82) is 0 Å². The Morgan fingerprint density at radius 2 is 1.83 bits per heavy atom. The highest BCUT2D eigenvalue weighted by atomic mass is 35.5. The van der Waals surface area contributed by atoms with Crippen LogP contribution in [0.25, 0.3) is 0 Å². The van der Waals surface area contributed by atoms with Gasteiger partial charge in [-0.05, 0) is 49.6 Å². The number of nitrogens with one attached hydrogen (secondary N) is 1. The summed E-state index contributed by atoms with van der Waals surface area (Å²) in [6.07, 6.45) is 3.50. The molecule has 1 heterocycles. The first-order valence-electron chi connectivity index (χ1n) is 9.62. The number of carbonyl (C=O) groups is 1. The van der Waals surface area contributed by atoms with Crippen molar-refractivity contribution in [3.05, 3.63) is 58.4 Å². The molecule has 0 unspecified atom stereocenters. The number of carbonyl (C=O) groups excluding carboxylic acids is 1. The van der Waals surface area contributed by atoms with E-state index in [1.165, 1.54) is 28.6 Å². The van der Waals surface area contributed by atoms with Crippen molar-refractivity contribution >= 4 is 33.2 Å². The summed E-state index contributed by atoms with van der Waals surface area (Å²) in [4.78, 5) is 12.6. The van der Waals surface area contributed by atoms with Crippen LogP contribution >= 0.6 is 11.6 Å². The molecule has 0 saturated carbocycles. The molecule has 0 atom stereocenters.